The Morgan fingerprint density at radius 2 is 1.94 bits per heavy atom. The van der Waals surface area contributed by atoms with Gasteiger partial charge < -0.3 is 5.32 Å². The molecule has 166 valence electrons. The van der Waals surface area contributed by atoms with E-state index in [-0.39, 0.29) is 23.9 Å². The molecule has 1 N–H and O–H groups in total. The third-order valence-corrected chi connectivity index (χ3v) is 5.84. The van der Waals surface area contributed by atoms with Crippen molar-refractivity contribution in [2.45, 2.75) is 45.8 Å². The number of carbonyl (C=O) groups excluding carboxylic acids is 1. The molecular formula is C25H27ClN4O2. The maximum atomic E-state index is 13.3. The average Bonchev–Trinajstić information content (AvgIpc) is 2.76. The number of rotatable bonds is 6. The molecule has 0 aliphatic carbocycles. The van der Waals surface area contributed by atoms with Crippen molar-refractivity contribution < 1.29 is 4.79 Å². The molecule has 2 heterocycles. The van der Waals surface area contributed by atoms with Crippen molar-refractivity contribution in [3.63, 3.8) is 0 Å². The summed E-state index contributed by atoms with van der Waals surface area (Å²) in [6, 6.07) is 17.3. The van der Waals surface area contributed by atoms with Gasteiger partial charge in [0.15, 0.2) is 0 Å². The van der Waals surface area contributed by atoms with Crippen molar-refractivity contribution in [1.29, 1.82) is 0 Å². The second kappa shape index (κ2) is 9.67. The number of anilines is 1. The molecule has 0 unspecified atom stereocenters. The number of fused-ring (bicyclic) bond motifs is 1. The molecule has 3 aromatic rings. The van der Waals surface area contributed by atoms with Gasteiger partial charge in [0.05, 0.1) is 5.69 Å². The second-order valence-corrected chi connectivity index (χ2v) is 8.88. The van der Waals surface area contributed by atoms with Crippen LogP contribution in [0.5, 0.6) is 0 Å². The number of carbonyl (C=O) groups is 1. The lowest BCUT2D eigenvalue weighted by Crippen LogP contribution is -2.40. The molecule has 0 saturated heterocycles. The Kier molecular flexibility index (Phi) is 6.72. The number of nitrogens with zero attached hydrogens (tertiary/aromatic N) is 3. The first-order chi connectivity index (χ1) is 15.4. The van der Waals surface area contributed by atoms with Gasteiger partial charge in [0.2, 0.25) is 5.91 Å². The van der Waals surface area contributed by atoms with Crippen LogP contribution in [0.2, 0.25) is 5.02 Å². The number of halogens is 1. The van der Waals surface area contributed by atoms with Crippen molar-refractivity contribution in [3.8, 4) is 0 Å². The minimum absolute atomic E-state index is 0.0106. The molecule has 1 aromatic heterocycles. The zero-order valence-corrected chi connectivity index (χ0v) is 19.1. The summed E-state index contributed by atoms with van der Waals surface area (Å²) in [5.74, 6) is 0.368. The number of aromatic nitrogens is 2. The van der Waals surface area contributed by atoms with Crippen LogP contribution in [0.25, 0.3) is 0 Å². The summed E-state index contributed by atoms with van der Waals surface area (Å²) in [6.07, 6.45) is 0.627. The fourth-order valence-corrected chi connectivity index (χ4v) is 4.27. The van der Waals surface area contributed by atoms with Crippen LogP contribution in [0.1, 0.15) is 42.4 Å². The molecule has 4 rings (SSSR count). The van der Waals surface area contributed by atoms with E-state index in [0.29, 0.717) is 35.1 Å². The summed E-state index contributed by atoms with van der Waals surface area (Å²) < 4.78 is 1.52. The average molecular weight is 451 g/mol. The van der Waals surface area contributed by atoms with Crippen LogP contribution in [0.4, 0.5) is 5.69 Å². The molecule has 0 spiro atoms. The van der Waals surface area contributed by atoms with Crippen molar-refractivity contribution in [2.75, 3.05) is 11.9 Å². The van der Waals surface area contributed by atoms with Crippen molar-refractivity contribution in [2.24, 2.45) is 0 Å². The molecule has 7 heteroatoms. The SMILES string of the molecule is CC(C)c1nc2c(c(=O)n1CC(=O)Nc1cccc(Cl)c1)CCN(Cc1ccccc1)C2. The lowest BCUT2D eigenvalue weighted by molar-refractivity contribution is -0.116. The van der Waals surface area contributed by atoms with Gasteiger partial charge in [-0.05, 0) is 30.2 Å². The van der Waals surface area contributed by atoms with Gasteiger partial charge in [-0.15, -0.1) is 0 Å². The molecule has 1 amide bonds. The minimum Gasteiger partial charge on any atom is -0.324 e. The van der Waals surface area contributed by atoms with Crippen LogP contribution in [0.3, 0.4) is 0 Å². The van der Waals surface area contributed by atoms with Crippen molar-refractivity contribution in [3.05, 3.63) is 92.6 Å². The maximum absolute atomic E-state index is 13.3. The van der Waals surface area contributed by atoms with E-state index >= 15 is 0 Å². The van der Waals surface area contributed by atoms with Crippen LogP contribution in [0, 0.1) is 0 Å². The molecule has 6 nitrogen and oxygen atoms in total. The van der Waals surface area contributed by atoms with Crippen LogP contribution in [0.15, 0.2) is 59.4 Å². The Morgan fingerprint density at radius 3 is 2.66 bits per heavy atom. The van der Waals surface area contributed by atoms with Gasteiger partial charge in [-0.1, -0.05) is 61.8 Å². The number of benzene rings is 2. The van der Waals surface area contributed by atoms with Crippen LogP contribution >= 0.6 is 11.6 Å². The van der Waals surface area contributed by atoms with Crippen LogP contribution < -0.4 is 10.9 Å². The van der Waals surface area contributed by atoms with Crippen molar-refractivity contribution in [1.82, 2.24) is 14.5 Å². The minimum atomic E-state index is -0.278. The number of hydrogen-bond donors (Lipinski definition) is 1. The lowest BCUT2D eigenvalue weighted by Gasteiger charge is -2.29. The third kappa shape index (κ3) is 5.09. The number of amides is 1. The van der Waals surface area contributed by atoms with Crippen LogP contribution in [-0.2, 0) is 30.8 Å². The van der Waals surface area contributed by atoms with E-state index in [0.717, 1.165) is 18.8 Å². The molecule has 32 heavy (non-hydrogen) atoms. The second-order valence-electron chi connectivity index (χ2n) is 8.45. The number of nitrogens with one attached hydrogen (secondary N) is 1. The highest BCUT2D eigenvalue weighted by Crippen LogP contribution is 2.20. The fraction of sp³-hybridized carbons (Fsp3) is 0.320. The molecule has 0 bridgehead atoms. The standard InChI is InChI=1S/C25H27ClN4O2/c1-17(2)24-28-22-15-29(14-18-7-4-3-5-8-18)12-11-21(22)25(32)30(24)16-23(31)27-20-10-6-9-19(26)13-20/h3-10,13,17H,11-12,14-16H2,1-2H3,(H,27,31). The Hall–Kier alpha value is -2.96. The maximum Gasteiger partial charge on any atom is 0.257 e. The normalized spacial score (nSPS) is 13.8. The topological polar surface area (TPSA) is 67.2 Å². The van der Waals surface area contributed by atoms with Gasteiger partial charge in [-0.25, -0.2) is 4.98 Å². The number of hydrogen-bond acceptors (Lipinski definition) is 4. The molecule has 0 fully saturated rings. The summed E-state index contributed by atoms with van der Waals surface area (Å²) in [7, 11) is 0. The van der Waals surface area contributed by atoms with Gasteiger partial charge in [0.1, 0.15) is 12.4 Å². The molecule has 1 aliphatic rings. The van der Waals surface area contributed by atoms with E-state index in [2.05, 4.69) is 22.3 Å². The van der Waals surface area contributed by atoms with Gasteiger partial charge in [0, 0.05) is 41.8 Å². The first-order valence-electron chi connectivity index (χ1n) is 10.8. The van der Waals surface area contributed by atoms with Gasteiger partial charge >= 0.3 is 0 Å². The molecule has 0 atom stereocenters. The van der Waals surface area contributed by atoms with E-state index in [9.17, 15) is 9.59 Å². The smallest absolute Gasteiger partial charge is 0.257 e. The van der Waals surface area contributed by atoms with E-state index in [1.807, 2.05) is 32.0 Å². The highest BCUT2D eigenvalue weighted by molar-refractivity contribution is 6.30. The summed E-state index contributed by atoms with van der Waals surface area (Å²) in [5, 5.41) is 3.36. The quantitative estimate of drug-likeness (QED) is 0.610. The first-order valence-corrected chi connectivity index (χ1v) is 11.2. The van der Waals surface area contributed by atoms with Gasteiger partial charge in [0.25, 0.3) is 5.56 Å². The van der Waals surface area contributed by atoms with Gasteiger partial charge in [-0.2, -0.15) is 0 Å². The Bertz CT molecular complexity index is 1170. The third-order valence-electron chi connectivity index (χ3n) is 5.60. The van der Waals surface area contributed by atoms with Gasteiger partial charge in [-0.3, -0.25) is 19.1 Å². The lowest BCUT2D eigenvalue weighted by atomic mass is 10.0. The van der Waals surface area contributed by atoms with E-state index in [4.69, 9.17) is 16.6 Å². The summed E-state index contributed by atoms with van der Waals surface area (Å²) in [6.45, 7) is 6.15. The Morgan fingerprint density at radius 1 is 1.16 bits per heavy atom. The molecule has 0 radical (unpaired) electrons. The summed E-state index contributed by atoms with van der Waals surface area (Å²) in [4.78, 5) is 33.2. The zero-order chi connectivity index (χ0) is 22.7. The molecular weight excluding hydrogens is 424 g/mol. The monoisotopic (exact) mass is 450 g/mol. The van der Waals surface area contributed by atoms with Crippen molar-refractivity contribution >= 4 is 23.2 Å². The molecule has 1 aliphatic heterocycles. The zero-order valence-electron chi connectivity index (χ0n) is 18.3. The fourth-order valence-electron chi connectivity index (χ4n) is 4.08. The molecule has 0 saturated carbocycles. The summed E-state index contributed by atoms with van der Waals surface area (Å²) >= 11 is 6.00. The highest BCUT2D eigenvalue weighted by atomic mass is 35.5. The van der Waals surface area contributed by atoms with E-state index in [1.165, 1.54) is 10.1 Å². The van der Waals surface area contributed by atoms with E-state index in [1.54, 1.807) is 24.3 Å². The molecule has 2 aromatic carbocycles. The first kappa shape index (κ1) is 22.2. The largest absolute Gasteiger partial charge is 0.324 e. The Balaban J connectivity index is 1.57. The Labute approximate surface area is 192 Å². The predicted molar refractivity (Wildman–Crippen MR) is 127 cm³/mol. The van der Waals surface area contributed by atoms with E-state index < -0.39 is 0 Å². The van der Waals surface area contributed by atoms with Crippen LogP contribution in [-0.4, -0.2) is 26.9 Å². The highest BCUT2D eigenvalue weighted by Gasteiger charge is 2.25. The summed E-state index contributed by atoms with van der Waals surface area (Å²) in [5.41, 5.74) is 3.27. The predicted octanol–water partition coefficient (Wildman–Crippen LogP) is 4.22.